The van der Waals surface area contributed by atoms with Crippen LogP contribution < -0.4 is 0 Å². The Bertz CT molecular complexity index is 966. The summed E-state index contributed by atoms with van der Waals surface area (Å²) in [5.74, 6) is -0.918. The number of H-pyrrole nitrogens is 1. The van der Waals surface area contributed by atoms with Crippen LogP contribution in [0, 0.1) is 17.2 Å². The highest BCUT2D eigenvalue weighted by molar-refractivity contribution is 5.95. The molecule has 1 fully saturated rings. The number of imidazole rings is 1. The zero-order valence-electron chi connectivity index (χ0n) is 13.9. The molecule has 130 valence electrons. The zero-order chi connectivity index (χ0) is 18.1. The number of carbonyl (C=O) groups is 2. The Kier molecular flexibility index (Phi) is 4.01. The molecule has 7 heteroatoms. The van der Waals surface area contributed by atoms with Crippen LogP contribution in [0.15, 0.2) is 47.1 Å². The van der Waals surface area contributed by atoms with E-state index in [2.05, 4.69) is 9.97 Å². The third kappa shape index (κ3) is 2.86. The first kappa shape index (κ1) is 16.1. The third-order valence-corrected chi connectivity index (χ3v) is 4.64. The van der Waals surface area contributed by atoms with Crippen molar-refractivity contribution in [3.8, 4) is 6.07 Å². The van der Waals surface area contributed by atoms with Gasteiger partial charge >= 0.3 is 0 Å². The number of nitrogens with zero attached hydrogens (tertiary/aromatic N) is 3. The Labute approximate surface area is 149 Å². The Hall–Kier alpha value is -3.40. The van der Waals surface area contributed by atoms with E-state index in [9.17, 15) is 14.9 Å². The summed E-state index contributed by atoms with van der Waals surface area (Å²) in [6, 6.07) is 12.9. The van der Waals surface area contributed by atoms with Crippen molar-refractivity contribution < 1.29 is 14.0 Å². The van der Waals surface area contributed by atoms with E-state index in [1.54, 1.807) is 23.3 Å². The topological polar surface area (TPSA) is 103 Å². The van der Waals surface area contributed by atoms with Crippen molar-refractivity contribution in [1.29, 1.82) is 5.26 Å². The van der Waals surface area contributed by atoms with E-state index in [4.69, 9.17) is 4.42 Å². The molecule has 7 nitrogen and oxygen atoms in total. The maximum atomic E-state index is 12.9. The second-order valence-corrected chi connectivity index (χ2v) is 6.36. The lowest BCUT2D eigenvalue weighted by Gasteiger charge is -2.15. The van der Waals surface area contributed by atoms with Gasteiger partial charge in [-0.3, -0.25) is 9.59 Å². The second kappa shape index (κ2) is 6.48. The first-order chi connectivity index (χ1) is 12.7. The number of aromatic amines is 1. The van der Waals surface area contributed by atoms with Crippen LogP contribution in [-0.2, 0) is 16.1 Å². The van der Waals surface area contributed by atoms with Crippen LogP contribution in [0.3, 0.4) is 0 Å². The number of likely N-dealkylation sites (tertiary alicyclic amines) is 1. The molecule has 3 heterocycles. The van der Waals surface area contributed by atoms with Crippen molar-refractivity contribution in [2.24, 2.45) is 5.92 Å². The fourth-order valence-corrected chi connectivity index (χ4v) is 3.31. The Morgan fingerprint density at radius 1 is 1.38 bits per heavy atom. The molecule has 26 heavy (non-hydrogen) atoms. The minimum absolute atomic E-state index is 0.109. The van der Waals surface area contributed by atoms with Crippen LogP contribution in [0.5, 0.6) is 0 Å². The number of Topliss-reactive ketones (excluding diaryl/α,β-unsaturated/α-hetero) is 1. The molecule has 3 aromatic rings. The summed E-state index contributed by atoms with van der Waals surface area (Å²) in [5, 5.41) is 9.53. The number of amides is 1. The molecule has 4 rings (SSSR count). The number of furan rings is 1. The standard InChI is InChI=1S/C19H16N4O3/c20-9-14(19-21-15-5-1-2-6-16(15)22-19)18(25)12-8-17(24)23(10-12)11-13-4-3-7-26-13/h1-7,12,14H,8,10-11H2,(H,21,22)/t12-,14-/m1/s1. The Morgan fingerprint density at radius 2 is 2.23 bits per heavy atom. The lowest BCUT2D eigenvalue weighted by molar-refractivity contribution is -0.129. The van der Waals surface area contributed by atoms with Gasteiger partial charge in [0.1, 0.15) is 11.6 Å². The number of fused-ring (bicyclic) bond motifs is 1. The van der Waals surface area contributed by atoms with Gasteiger partial charge in [0.2, 0.25) is 5.91 Å². The number of rotatable bonds is 5. The third-order valence-electron chi connectivity index (χ3n) is 4.64. The number of para-hydroxylation sites is 2. The number of aromatic nitrogens is 2. The van der Waals surface area contributed by atoms with Crippen molar-refractivity contribution in [2.75, 3.05) is 6.54 Å². The monoisotopic (exact) mass is 348 g/mol. The van der Waals surface area contributed by atoms with Gasteiger partial charge < -0.3 is 14.3 Å². The number of hydrogen-bond donors (Lipinski definition) is 1. The quantitative estimate of drug-likeness (QED) is 0.762. The van der Waals surface area contributed by atoms with Crippen LogP contribution in [0.25, 0.3) is 11.0 Å². The van der Waals surface area contributed by atoms with Crippen LogP contribution in [0.4, 0.5) is 0 Å². The molecule has 0 unspecified atom stereocenters. The van der Waals surface area contributed by atoms with Gasteiger partial charge in [0.25, 0.3) is 0 Å². The fraction of sp³-hybridized carbons (Fsp3) is 0.263. The Morgan fingerprint density at radius 3 is 2.96 bits per heavy atom. The zero-order valence-corrected chi connectivity index (χ0v) is 13.9. The molecule has 0 aliphatic carbocycles. The molecule has 0 saturated carbocycles. The predicted octanol–water partition coefficient (Wildman–Crippen LogP) is 2.38. The summed E-state index contributed by atoms with van der Waals surface area (Å²) >= 11 is 0. The molecule has 1 N–H and O–H groups in total. The lowest BCUT2D eigenvalue weighted by Crippen LogP contribution is -2.27. The SMILES string of the molecule is N#C[C@H](C(=O)[C@@H]1CC(=O)N(Cc2ccco2)C1)c1nc2ccccc2[nH]1. The second-order valence-electron chi connectivity index (χ2n) is 6.36. The van der Waals surface area contributed by atoms with Gasteiger partial charge in [0, 0.05) is 18.9 Å². The minimum Gasteiger partial charge on any atom is -0.467 e. The minimum atomic E-state index is -1.01. The predicted molar refractivity (Wildman–Crippen MR) is 91.7 cm³/mol. The molecule has 1 aliphatic heterocycles. The first-order valence-corrected chi connectivity index (χ1v) is 8.34. The van der Waals surface area contributed by atoms with E-state index in [1.165, 1.54) is 0 Å². The summed E-state index contributed by atoms with van der Waals surface area (Å²) in [4.78, 5) is 34.1. The van der Waals surface area contributed by atoms with Gasteiger partial charge in [0.15, 0.2) is 11.7 Å². The van der Waals surface area contributed by atoms with Gasteiger partial charge in [-0.2, -0.15) is 5.26 Å². The number of nitrogens with one attached hydrogen (secondary N) is 1. The van der Waals surface area contributed by atoms with E-state index in [-0.39, 0.29) is 24.7 Å². The number of ketones is 1. The summed E-state index contributed by atoms with van der Waals surface area (Å²) in [7, 11) is 0. The molecular weight excluding hydrogens is 332 g/mol. The summed E-state index contributed by atoms with van der Waals surface area (Å²) in [5.41, 5.74) is 1.48. The van der Waals surface area contributed by atoms with Crippen LogP contribution in [0.1, 0.15) is 23.9 Å². The van der Waals surface area contributed by atoms with E-state index in [1.807, 2.05) is 30.3 Å². The molecular formula is C19H16N4O3. The summed E-state index contributed by atoms with van der Waals surface area (Å²) in [6.45, 7) is 0.619. The van der Waals surface area contributed by atoms with Gasteiger partial charge in [-0.15, -0.1) is 0 Å². The molecule has 2 aromatic heterocycles. The molecule has 0 radical (unpaired) electrons. The van der Waals surface area contributed by atoms with E-state index in [0.29, 0.717) is 23.6 Å². The molecule has 1 aromatic carbocycles. The lowest BCUT2D eigenvalue weighted by atomic mass is 9.92. The van der Waals surface area contributed by atoms with E-state index in [0.717, 1.165) is 5.52 Å². The molecule has 2 atom stereocenters. The smallest absolute Gasteiger partial charge is 0.223 e. The highest BCUT2D eigenvalue weighted by Crippen LogP contribution is 2.27. The van der Waals surface area contributed by atoms with Gasteiger partial charge in [-0.05, 0) is 24.3 Å². The first-order valence-electron chi connectivity index (χ1n) is 8.34. The van der Waals surface area contributed by atoms with Crippen LogP contribution in [-0.4, -0.2) is 33.1 Å². The van der Waals surface area contributed by atoms with Gasteiger partial charge in [-0.25, -0.2) is 4.98 Å². The molecule has 0 spiro atoms. The van der Waals surface area contributed by atoms with E-state index < -0.39 is 11.8 Å². The number of carbonyl (C=O) groups excluding carboxylic acids is 2. The van der Waals surface area contributed by atoms with E-state index >= 15 is 0 Å². The normalized spacial score (nSPS) is 18.2. The number of nitriles is 1. The molecule has 1 aliphatic rings. The van der Waals surface area contributed by atoms with Crippen molar-refractivity contribution >= 4 is 22.7 Å². The summed E-state index contributed by atoms with van der Waals surface area (Å²) in [6.07, 6.45) is 1.66. The van der Waals surface area contributed by atoms with Gasteiger partial charge in [-0.1, -0.05) is 12.1 Å². The molecule has 1 amide bonds. The van der Waals surface area contributed by atoms with Crippen molar-refractivity contribution in [1.82, 2.24) is 14.9 Å². The largest absolute Gasteiger partial charge is 0.467 e. The van der Waals surface area contributed by atoms with Gasteiger partial charge in [0.05, 0.1) is 29.9 Å². The molecule has 0 bridgehead atoms. The van der Waals surface area contributed by atoms with Crippen LogP contribution in [0.2, 0.25) is 0 Å². The number of benzene rings is 1. The number of hydrogen-bond acceptors (Lipinski definition) is 5. The maximum Gasteiger partial charge on any atom is 0.223 e. The fourth-order valence-electron chi connectivity index (χ4n) is 3.31. The van der Waals surface area contributed by atoms with Crippen LogP contribution >= 0.6 is 0 Å². The Balaban J connectivity index is 1.52. The average Bonchev–Trinajstić information content (AvgIpc) is 3.36. The highest BCUT2D eigenvalue weighted by Gasteiger charge is 2.39. The van der Waals surface area contributed by atoms with Crippen molar-refractivity contribution in [3.63, 3.8) is 0 Å². The average molecular weight is 348 g/mol. The van der Waals surface area contributed by atoms with Crippen molar-refractivity contribution in [3.05, 3.63) is 54.2 Å². The highest BCUT2D eigenvalue weighted by atomic mass is 16.3. The molecule has 1 saturated heterocycles. The van der Waals surface area contributed by atoms with Crippen molar-refractivity contribution in [2.45, 2.75) is 18.9 Å². The maximum absolute atomic E-state index is 12.9. The summed E-state index contributed by atoms with van der Waals surface area (Å²) < 4.78 is 5.26.